The summed E-state index contributed by atoms with van der Waals surface area (Å²) in [5, 5.41) is 8.29. The molecular weight excluding hydrogens is 316 g/mol. The van der Waals surface area contributed by atoms with Crippen molar-refractivity contribution in [2.75, 3.05) is 13.7 Å². The van der Waals surface area contributed by atoms with Crippen molar-refractivity contribution in [2.24, 2.45) is 21.9 Å². The van der Waals surface area contributed by atoms with Crippen LogP contribution in [0.25, 0.3) is 0 Å². The third kappa shape index (κ3) is 2.38. The highest BCUT2D eigenvalue weighted by Gasteiger charge is 2.55. The number of primary amides is 1. The maximum atomic E-state index is 11.0. The molecule has 4 rings (SSSR count). The van der Waals surface area contributed by atoms with Crippen molar-refractivity contribution in [1.82, 2.24) is 5.43 Å². The molecule has 1 aromatic carbocycles. The SMILES string of the molecule is COc1ccc(C2=NOC3C4COC(O4)/C(=N\NC(N)=O)C23)cc1. The average molecular weight is 332 g/mol. The molecule has 3 N–H and O–H groups in total. The number of hydrogen-bond acceptors (Lipinski definition) is 7. The van der Waals surface area contributed by atoms with Gasteiger partial charge in [0.1, 0.15) is 17.6 Å². The molecule has 4 atom stereocenters. The molecule has 24 heavy (non-hydrogen) atoms. The van der Waals surface area contributed by atoms with Crippen LogP contribution in [0.3, 0.4) is 0 Å². The van der Waals surface area contributed by atoms with Gasteiger partial charge in [0.25, 0.3) is 0 Å². The third-order valence-electron chi connectivity index (χ3n) is 4.21. The minimum Gasteiger partial charge on any atom is -0.497 e. The fourth-order valence-corrected chi connectivity index (χ4v) is 3.11. The van der Waals surface area contributed by atoms with Crippen LogP contribution in [0.1, 0.15) is 5.56 Å². The molecule has 2 fully saturated rings. The van der Waals surface area contributed by atoms with E-state index in [4.69, 9.17) is 24.8 Å². The van der Waals surface area contributed by atoms with Crippen LogP contribution in [-0.4, -0.2) is 49.7 Å². The van der Waals surface area contributed by atoms with E-state index in [-0.39, 0.29) is 18.1 Å². The number of hydrazone groups is 1. The number of benzene rings is 1. The molecule has 3 aliphatic heterocycles. The van der Waals surface area contributed by atoms with Crippen LogP contribution in [0.4, 0.5) is 4.79 Å². The van der Waals surface area contributed by atoms with Crippen LogP contribution >= 0.6 is 0 Å². The molecule has 0 aliphatic carbocycles. The Labute approximate surface area is 137 Å². The van der Waals surface area contributed by atoms with E-state index in [0.717, 1.165) is 11.3 Å². The smallest absolute Gasteiger partial charge is 0.332 e. The van der Waals surface area contributed by atoms with Gasteiger partial charge in [-0.2, -0.15) is 5.10 Å². The lowest BCUT2D eigenvalue weighted by Crippen LogP contribution is -2.49. The molecule has 1 aromatic rings. The number of fused-ring (bicyclic) bond motifs is 4. The first-order chi connectivity index (χ1) is 11.7. The highest BCUT2D eigenvalue weighted by Crippen LogP contribution is 2.38. The first-order valence-electron chi connectivity index (χ1n) is 7.45. The summed E-state index contributed by atoms with van der Waals surface area (Å²) in [6.07, 6.45) is -1.23. The standard InChI is InChI=1S/C15H16N4O5/c1-21-8-4-2-7(3-5-8)11-10-12(17-18-15(16)20)14-22-6-9(23-14)13(10)24-19-11/h2-5,9-10,13-14H,6H2,1H3,(H3,16,18,20)/b17-12-. The van der Waals surface area contributed by atoms with E-state index in [2.05, 4.69) is 15.7 Å². The van der Waals surface area contributed by atoms with Crippen molar-refractivity contribution in [1.29, 1.82) is 0 Å². The molecule has 2 bridgehead atoms. The van der Waals surface area contributed by atoms with E-state index >= 15 is 0 Å². The fraction of sp³-hybridized carbons (Fsp3) is 0.400. The summed E-state index contributed by atoms with van der Waals surface area (Å²) in [6, 6.07) is 6.70. The minimum absolute atomic E-state index is 0.230. The largest absolute Gasteiger partial charge is 0.497 e. The van der Waals surface area contributed by atoms with Gasteiger partial charge in [-0.15, -0.1) is 0 Å². The molecule has 9 nitrogen and oxygen atoms in total. The first kappa shape index (κ1) is 14.9. The van der Waals surface area contributed by atoms with Gasteiger partial charge in [-0.05, 0) is 24.3 Å². The first-order valence-corrected chi connectivity index (χ1v) is 7.45. The Kier molecular flexibility index (Phi) is 3.58. The average Bonchev–Trinajstić information content (AvgIpc) is 3.21. The van der Waals surface area contributed by atoms with Crippen LogP contribution in [0.2, 0.25) is 0 Å². The monoisotopic (exact) mass is 332 g/mol. The van der Waals surface area contributed by atoms with E-state index in [9.17, 15) is 4.79 Å². The quantitative estimate of drug-likeness (QED) is 0.767. The molecule has 0 aromatic heterocycles. The summed E-state index contributed by atoms with van der Waals surface area (Å²) >= 11 is 0. The number of carbonyl (C=O) groups is 1. The Morgan fingerprint density at radius 3 is 2.92 bits per heavy atom. The van der Waals surface area contributed by atoms with Crippen molar-refractivity contribution >= 4 is 17.5 Å². The second kappa shape index (κ2) is 5.77. The molecule has 4 unspecified atom stereocenters. The number of rotatable bonds is 3. The molecule has 3 heterocycles. The lowest BCUT2D eigenvalue weighted by molar-refractivity contribution is -0.0812. The van der Waals surface area contributed by atoms with Gasteiger partial charge in [-0.25, -0.2) is 10.2 Å². The molecule has 0 spiro atoms. The number of oxime groups is 1. The van der Waals surface area contributed by atoms with Crippen LogP contribution in [0.5, 0.6) is 5.75 Å². The highest BCUT2D eigenvalue weighted by molar-refractivity contribution is 6.17. The number of urea groups is 1. The molecule has 9 heteroatoms. The predicted molar refractivity (Wildman–Crippen MR) is 82.7 cm³/mol. The van der Waals surface area contributed by atoms with Crippen LogP contribution < -0.4 is 15.9 Å². The maximum Gasteiger partial charge on any atom is 0.332 e. The van der Waals surface area contributed by atoms with Crippen LogP contribution in [-0.2, 0) is 14.3 Å². The molecule has 0 saturated carbocycles. The van der Waals surface area contributed by atoms with Crippen molar-refractivity contribution < 1.29 is 23.8 Å². The summed E-state index contributed by atoms with van der Waals surface area (Å²) in [5.74, 6) is 0.464. The summed E-state index contributed by atoms with van der Waals surface area (Å²) in [6.45, 7) is 0.382. The van der Waals surface area contributed by atoms with E-state index in [1.165, 1.54) is 0 Å². The Balaban J connectivity index is 1.69. The van der Waals surface area contributed by atoms with E-state index in [1.54, 1.807) is 7.11 Å². The molecule has 2 saturated heterocycles. The van der Waals surface area contributed by atoms with Crippen LogP contribution in [0.15, 0.2) is 34.5 Å². The topological polar surface area (TPSA) is 117 Å². The normalized spacial score (nSPS) is 32.0. The number of carbonyl (C=O) groups excluding carboxylic acids is 1. The highest BCUT2D eigenvalue weighted by atomic mass is 16.7. The molecule has 0 radical (unpaired) electrons. The number of nitrogens with one attached hydrogen (secondary N) is 1. The van der Waals surface area contributed by atoms with Crippen molar-refractivity contribution in [3.8, 4) is 5.75 Å². The molecule has 2 amide bonds. The minimum atomic E-state index is -0.763. The second-order valence-electron chi connectivity index (χ2n) is 5.61. The zero-order valence-corrected chi connectivity index (χ0v) is 12.8. The van der Waals surface area contributed by atoms with Gasteiger partial charge in [0.05, 0.1) is 25.3 Å². The number of nitrogens with two attached hydrogens (primary N) is 1. The zero-order valence-electron chi connectivity index (χ0n) is 12.8. The summed E-state index contributed by atoms with van der Waals surface area (Å²) in [7, 11) is 1.61. The number of methoxy groups -OCH3 is 1. The van der Waals surface area contributed by atoms with Gasteiger partial charge in [-0.1, -0.05) is 5.16 Å². The van der Waals surface area contributed by atoms with Gasteiger partial charge in [0, 0.05) is 5.56 Å². The number of hydrogen-bond donors (Lipinski definition) is 2. The Morgan fingerprint density at radius 1 is 1.42 bits per heavy atom. The van der Waals surface area contributed by atoms with Crippen LogP contribution in [0, 0.1) is 5.92 Å². The molecular formula is C15H16N4O5. The predicted octanol–water partition coefficient (Wildman–Crippen LogP) is 0.194. The third-order valence-corrected chi connectivity index (χ3v) is 4.21. The lowest BCUT2D eigenvalue weighted by atomic mass is 9.84. The second-order valence-corrected chi connectivity index (χ2v) is 5.61. The summed E-state index contributed by atoms with van der Waals surface area (Å²) in [4.78, 5) is 16.6. The summed E-state index contributed by atoms with van der Waals surface area (Å²) < 4.78 is 16.5. The van der Waals surface area contributed by atoms with Gasteiger partial charge in [-0.3, -0.25) is 0 Å². The Hall–Kier alpha value is -2.65. The summed E-state index contributed by atoms with van der Waals surface area (Å²) in [5.41, 5.74) is 9.41. The van der Waals surface area contributed by atoms with E-state index in [0.29, 0.717) is 18.0 Å². The Bertz CT molecular complexity index is 717. The van der Waals surface area contributed by atoms with Gasteiger partial charge < -0.3 is 24.8 Å². The fourth-order valence-electron chi connectivity index (χ4n) is 3.11. The Morgan fingerprint density at radius 2 is 2.21 bits per heavy atom. The molecule has 3 aliphatic rings. The lowest BCUT2D eigenvalue weighted by Gasteiger charge is -2.29. The van der Waals surface area contributed by atoms with E-state index in [1.807, 2.05) is 24.3 Å². The van der Waals surface area contributed by atoms with Gasteiger partial charge in [0.15, 0.2) is 12.4 Å². The van der Waals surface area contributed by atoms with Crippen molar-refractivity contribution in [3.05, 3.63) is 29.8 Å². The number of ether oxygens (including phenoxy) is 3. The van der Waals surface area contributed by atoms with Gasteiger partial charge >= 0.3 is 6.03 Å². The van der Waals surface area contributed by atoms with Crippen molar-refractivity contribution in [3.63, 3.8) is 0 Å². The maximum absolute atomic E-state index is 11.0. The zero-order chi connectivity index (χ0) is 16.7. The molecule has 126 valence electrons. The number of amides is 2. The van der Waals surface area contributed by atoms with E-state index < -0.39 is 12.3 Å². The van der Waals surface area contributed by atoms with Gasteiger partial charge in [0.2, 0.25) is 0 Å². The van der Waals surface area contributed by atoms with Crippen molar-refractivity contribution in [2.45, 2.75) is 18.5 Å². The number of nitrogens with zero attached hydrogens (tertiary/aromatic N) is 2.